The van der Waals surface area contributed by atoms with Crippen molar-refractivity contribution in [3.63, 3.8) is 0 Å². The van der Waals surface area contributed by atoms with Crippen LogP contribution in [-0.4, -0.2) is 89.2 Å². The Morgan fingerprint density at radius 1 is 0.443 bits per heavy atom. The average Bonchev–Trinajstić information content (AvgIpc) is 3.46. The van der Waals surface area contributed by atoms with Crippen molar-refractivity contribution in [1.82, 2.24) is 0 Å². The van der Waals surface area contributed by atoms with E-state index < -0.39 is 67.3 Å². The second-order valence-corrected chi connectivity index (χ2v) is 21.0. The lowest BCUT2D eigenvalue weighted by Crippen LogP contribution is -2.61. The van der Waals surface area contributed by atoms with Crippen molar-refractivity contribution in [3.05, 3.63) is 97.2 Å². The first-order chi connectivity index (χ1) is 38.6. The number of carboxylic acid groups (broad SMARTS) is 1. The van der Waals surface area contributed by atoms with Crippen LogP contribution in [0.2, 0.25) is 0 Å². The Bertz CT molecular complexity index is 1740. The minimum Gasteiger partial charge on any atom is -0.479 e. The molecule has 12 heteroatoms. The van der Waals surface area contributed by atoms with Gasteiger partial charge in [0, 0.05) is 12.8 Å². The smallest absolute Gasteiger partial charge is 0.335 e. The van der Waals surface area contributed by atoms with E-state index >= 15 is 0 Å². The summed E-state index contributed by atoms with van der Waals surface area (Å²) in [7, 11) is 0. The molecule has 0 saturated carbocycles. The molecule has 1 rings (SSSR count). The zero-order valence-corrected chi connectivity index (χ0v) is 49.6. The fraction of sp³-hybridized carbons (Fsp3) is 0.701. The van der Waals surface area contributed by atoms with Crippen LogP contribution in [0, 0.1) is 0 Å². The number of aliphatic carboxylic acids is 1. The molecule has 79 heavy (non-hydrogen) atoms. The second-order valence-electron chi connectivity index (χ2n) is 21.0. The van der Waals surface area contributed by atoms with Crippen molar-refractivity contribution < 1.29 is 58.2 Å². The van der Waals surface area contributed by atoms with Gasteiger partial charge in [0.15, 0.2) is 24.6 Å². The monoisotopic (exact) mass is 1110 g/mol. The maximum atomic E-state index is 13.1. The van der Waals surface area contributed by atoms with Crippen LogP contribution in [0.25, 0.3) is 0 Å². The van der Waals surface area contributed by atoms with Crippen molar-refractivity contribution in [2.24, 2.45) is 0 Å². The molecule has 0 bridgehead atoms. The van der Waals surface area contributed by atoms with Gasteiger partial charge >= 0.3 is 23.9 Å². The molecule has 1 saturated heterocycles. The minimum absolute atomic E-state index is 0.0488. The molecule has 3 N–H and O–H groups in total. The van der Waals surface area contributed by atoms with E-state index in [1.165, 1.54) is 83.5 Å². The molecule has 450 valence electrons. The molecular weight excluding hydrogens is 997 g/mol. The molecule has 12 nitrogen and oxygen atoms in total. The molecule has 0 aromatic heterocycles. The number of ether oxygens (including phenoxy) is 5. The van der Waals surface area contributed by atoms with Crippen molar-refractivity contribution in [1.29, 1.82) is 0 Å². The fourth-order valence-electron chi connectivity index (χ4n) is 8.99. The maximum Gasteiger partial charge on any atom is 0.335 e. The zero-order valence-electron chi connectivity index (χ0n) is 49.6. The summed E-state index contributed by atoms with van der Waals surface area (Å²) in [5.41, 5.74) is 0. The fourth-order valence-corrected chi connectivity index (χ4v) is 8.99. The number of esters is 3. The zero-order chi connectivity index (χ0) is 57.5. The van der Waals surface area contributed by atoms with Crippen LogP contribution < -0.4 is 0 Å². The molecule has 0 spiro atoms. The number of aliphatic hydroxyl groups excluding tert-OH is 2. The molecule has 1 heterocycles. The highest BCUT2D eigenvalue weighted by Gasteiger charge is 2.50. The highest BCUT2D eigenvalue weighted by atomic mass is 16.7. The first-order valence-electron chi connectivity index (χ1n) is 31.2. The van der Waals surface area contributed by atoms with E-state index in [2.05, 4.69) is 99.8 Å². The lowest BCUT2D eigenvalue weighted by molar-refractivity contribution is -0.301. The molecular formula is C67H110O12. The predicted molar refractivity (Wildman–Crippen MR) is 321 cm³/mol. The summed E-state index contributed by atoms with van der Waals surface area (Å²) in [4.78, 5) is 51.2. The summed E-state index contributed by atoms with van der Waals surface area (Å²) in [6.07, 6.45) is 59.7. The van der Waals surface area contributed by atoms with Crippen LogP contribution in [0.15, 0.2) is 97.2 Å². The number of rotatable bonds is 52. The summed E-state index contributed by atoms with van der Waals surface area (Å²) in [6.45, 7) is 5.69. The van der Waals surface area contributed by atoms with Crippen molar-refractivity contribution in [2.75, 3.05) is 13.2 Å². The van der Waals surface area contributed by atoms with E-state index in [-0.39, 0.29) is 25.9 Å². The van der Waals surface area contributed by atoms with Gasteiger partial charge in [-0.05, 0) is 77.0 Å². The van der Waals surface area contributed by atoms with Gasteiger partial charge in [-0.3, -0.25) is 14.4 Å². The van der Waals surface area contributed by atoms with Gasteiger partial charge in [0.2, 0.25) is 0 Å². The highest BCUT2D eigenvalue weighted by molar-refractivity contribution is 5.74. The molecule has 0 aromatic rings. The number of hydrogen-bond acceptors (Lipinski definition) is 11. The summed E-state index contributed by atoms with van der Waals surface area (Å²) < 4.78 is 28.3. The number of carboxylic acids is 1. The van der Waals surface area contributed by atoms with Crippen molar-refractivity contribution in [3.8, 4) is 0 Å². The van der Waals surface area contributed by atoms with Crippen LogP contribution >= 0.6 is 0 Å². The van der Waals surface area contributed by atoms with Crippen LogP contribution in [-0.2, 0) is 42.9 Å². The SMILES string of the molecule is CC/C=C\C/C=C\C/C=C\C/C=C\C/C=C\CC(=O)OC(COC(=O)CCCCCCCCC/C=C\C/C=C\C/C=C\CC)COC1OC(C(=O)O)C(O)C(O)C1OC(=O)CCCCCCCCCCCCCCCCCCC. The van der Waals surface area contributed by atoms with Gasteiger partial charge in [-0.2, -0.15) is 0 Å². The summed E-state index contributed by atoms with van der Waals surface area (Å²) in [5.74, 6) is -3.30. The van der Waals surface area contributed by atoms with Gasteiger partial charge in [0.25, 0.3) is 0 Å². The molecule has 0 radical (unpaired) electrons. The largest absolute Gasteiger partial charge is 0.479 e. The van der Waals surface area contributed by atoms with Crippen LogP contribution in [0.5, 0.6) is 0 Å². The maximum absolute atomic E-state index is 13.1. The quantitative estimate of drug-likeness (QED) is 0.0228. The summed E-state index contributed by atoms with van der Waals surface area (Å²) in [6, 6.07) is 0. The van der Waals surface area contributed by atoms with Gasteiger partial charge in [0.1, 0.15) is 18.8 Å². The van der Waals surface area contributed by atoms with E-state index in [0.717, 1.165) is 109 Å². The minimum atomic E-state index is -1.92. The Kier molecular flexibility index (Phi) is 49.9. The number of carbonyl (C=O) groups excluding carboxylic acids is 3. The standard InChI is InChI=1S/C67H110O12/c1-4-7-10-13-16-19-22-25-28-30-33-35-38-41-44-47-50-53-59(68)75-56-58(77-60(69)54-51-48-45-42-39-36-32-27-24-21-18-15-12-9-6-3)57-76-67-65(63(72)62(71)64(79-67)66(73)74)78-61(70)55-52-49-46-43-40-37-34-31-29-26-23-20-17-14-11-8-5-2/h7,9-10,12,16,18-19,21,25,27-28,32,39,42,48,51,58,62-65,67,71-72H,4-6,8,11,13-15,17,20,22-24,26,29-31,33-38,40-41,43-47,49-50,52-57H2,1-3H3,(H,73,74)/b10-7-,12-9-,19-16-,21-18-,28-25-,32-27-,42-39-,51-48-. The van der Waals surface area contributed by atoms with E-state index in [1.807, 2.05) is 12.2 Å². The number of hydrogen-bond donors (Lipinski definition) is 3. The Morgan fingerprint density at radius 3 is 1.28 bits per heavy atom. The van der Waals surface area contributed by atoms with Crippen molar-refractivity contribution in [2.45, 2.75) is 289 Å². The second kappa shape index (κ2) is 54.2. The molecule has 6 atom stereocenters. The lowest BCUT2D eigenvalue weighted by atomic mass is 9.98. The molecule has 0 aromatic carbocycles. The van der Waals surface area contributed by atoms with Gasteiger partial charge in [-0.25, -0.2) is 4.79 Å². The molecule has 6 unspecified atom stereocenters. The van der Waals surface area contributed by atoms with Crippen LogP contribution in [0.3, 0.4) is 0 Å². The van der Waals surface area contributed by atoms with E-state index in [1.54, 1.807) is 6.08 Å². The third-order valence-electron chi connectivity index (χ3n) is 13.7. The van der Waals surface area contributed by atoms with Crippen molar-refractivity contribution >= 4 is 23.9 Å². The topological polar surface area (TPSA) is 175 Å². The van der Waals surface area contributed by atoms with E-state index in [4.69, 9.17) is 23.7 Å². The number of aliphatic hydroxyl groups is 2. The predicted octanol–water partition coefficient (Wildman–Crippen LogP) is 16.5. The van der Waals surface area contributed by atoms with Gasteiger partial charge < -0.3 is 39.0 Å². The molecule has 0 aliphatic carbocycles. The molecule has 1 aliphatic heterocycles. The number of carbonyl (C=O) groups is 4. The Hall–Kier alpha value is -4.36. The summed E-state index contributed by atoms with van der Waals surface area (Å²) >= 11 is 0. The van der Waals surface area contributed by atoms with Crippen LogP contribution in [0.1, 0.15) is 252 Å². The van der Waals surface area contributed by atoms with Gasteiger partial charge in [-0.1, -0.05) is 253 Å². The van der Waals surface area contributed by atoms with Crippen LogP contribution in [0.4, 0.5) is 0 Å². The average molecular weight is 1110 g/mol. The highest BCUT2D eigenvalue weighted by Crippen LogP contribution is 2.26. The Morgan fingerprint density at radius 2 is 0.835 bits per heavy atom. The summed E-state index contributed by atoms with van der Waals surface area (Å²) in [5, 5.41) is 31.5. The number of allylic oxidation sites excluding steroid dienone is 15. The van der Waals surface area contributed by atoms with E-state index in [0.29, 0.717) is 19.3 Å². The van der Waals surface area contributed by atoms with Gasteiger partial charge in [-0.15, -0.1) is 0 Å². The molecule has 0 amide bonds. The number of unbranched alkanes of at least 4 members (excludes halogenated alkanes) is 23. The third-order valence-corrected chi connectivity index (χ3v) is 13.7. The first-order valence-corrected chi connectivity index (χ1v) is 31.2. The third kappa shape index (κ3) is 44.0. The van der Waals surface area contributed by atoms with E-state index in [9.17, 15) is 34.5 Å². The lowest BCUT2D eigenvalue weighted by Gasteiger charge is -2.40. The molecule has 1 aliphatic rings. The Labute approximate surface area is 479 Å². The first kappa shape index (κ1) is 72.7. The Balaban J connectivity index is 2.72. The molecule has 1 fully saturated rings. The van der Waals surface area contributed by atoms with Gasteiger partial charge in [0.05, 0.1) is 13.0 Å². The normalized spacial score (nSPS) is 18.5.